The Labute approximate surface area is 219 Å². The Balaban J connectivity index is 5.23. The van der Waals surface area contributed by atoms with Crippen LogP contribution in [-0.2, 0) is 76.2 Å². The number of ether oxygens (including phenoxy) is 4. The van der Waals surface area contributed by atoms with Crippen LogP contribution in [0.5, 0.6) is 0 Å². The molecule has 16 nitrogen and oxygen atoms in total. The Morgan fingerprint density at radius 2 is 0.568 bits per heavy atom. The summed E-state index contributed by atoms with van der Waals surface area (Å²) < 4.78 is 129. The van der Waals surface area contributed by atoms with Crippen LogP contribution >= 0.6 is 0 Å². The molecule has 0 aromatic rings. The maximum absolute atomic E-state index is 11.1. The molecule has 0 aliphatic rings. The summed E-state index contributed by atoms with van der Waals surface area (Å²) in [6, 6.07) is 0. The van der Waals surface area contributed by atoms with E-state index in [9.17, 15) is 33.7 Å². The van der Waals surface area contributed by atoms with E-state index in [2.05, 4.69) is 16.7 Å². The second-order valence-electron chi connectivity index (χ2n) is 7.81. The molecule has 0 aromatic carbocycles. The van der Waals surface area contributed by atoms with Gasteiger partial charge in [-0.3, -0.25) is 16.7 Å². The molecule has 0 amide bonds. The molecule has 0 radical (unpaired) electrons. The summed E-state index contributed by atoms with van der Waals surface area (Å²) in [7, 11) is -14.7. The fraction of sp³-hybridized carbons (Fsp3) is 1.00. The van der Waals surface area contributed by atoms with Gasteiger partial charge in [0.05, 0.1) is 110 Å². The van der Waals surface area contributed by atoms with Crippen molar-refractivity contribution in [2.24, 2.45) is 5.41 Å². The number of rotatable bonds is 24. The molecule has 224 valence electrons. The summed E-state index contributed by atoms with van der Waals surface area (Å²) in [5.41, 5.74) is -1.09. The van der Waals surface area contributed by atoms with E-state index < -0.39 is 45.9 Å². The molecule has 0 heterocycles. The third-order valence-corrected chi connectivity index (χ3v) is 6.11. The van der Waals surface area contributed by atoms with Crippen LogP contribution < -0.4 is 0 Å². The van der Waals surface area contributed by atoms with Gasteiger partial charge in [0.25, 0.3) is 40.5 Å². The van der Waals surface area contributed by atoms with Crippen LogP contribution in [-0.4, -0.2) is 138 Å². The predicted octanol–water partition coefficient (Wildman–Crippen LogP) is -2.06. The van der Waals surface area contributed by atoms with E-state index in [0.717, 1.165) is 25.0 Å². The fourth-order valence-electron chi connectivity index (χ4n) is 2.38. The van der Waals surface area contributed by atoms with E-state index in [0.29, 0.717) is 0 Å². The van der Waals surface area contributed by atoms with Gasteiger partial charge in [-0.2, -0.15) is 33.7 Å². The van der Waals surface area contributed by atoms with Crippen molar-refractivity contribution >= 4 is 40.5 Å². The SMILES string of the molecule is CS(=O)(=O)OCCOCC(COCCOS(C)(=O)=O)(COCCOS(C)(=O)=O)COCCOS(C)(=O)=O. The molecule has 37 heavy (non-hydrogen) atoms. The molecular formula is C17H36O16S4. The van der Waals surface area contributed by atoms with E-state index in [-0.39, 0.29) is 79.3 Å². The molecule has 0 atom stereocenters. The Hall–Kier alpha value is -0.520. The third kappa shape index (κ3) is 25.5. The standard InChI is InChI=1S/C17H36O16S4/c1-34(18,19)30-9-5-26-13-17(14-27-6-10-31-35(2,20)21,15-28-7-11-32-36(3,22)23)16-29-8-12-33-37(4,24)25/h5-16H2,1-4H3. The zero-order chi connectivity index (χ0) is 28.6. The fourth-order valence-corrected chi connectivity index (χ4v) is 3.87. The summed E-state index contributed by atoms with van der Waals surface area (Å²) in [5.74, 6) is 0. The Bertz CT molecular complexity index is 877. The predicted molar refractivity (Wildman–Crippen MR) is 129 cm³/mol. The molecule has 20 heteroatoms. The van der Waals surface area contributed by atoms with Crippen molar-refractivity contribution in [1.29, 1.82) is 0 Å². The van der Waals surface area contributed by atoms with Gasteiger partial charge in [-0.15, -0.1) is 0 Å². The number of hydrogen-bond donors (Lipinski definition) is 0. The summed E-state index contributed by atoms with van der Waals surface area (Å²) >= 11 is 0. The van der Waals surface area contributed by atoms with Gasteiger partial charge in [-0.25, -0.2) is 0 Å². The molecule has 0 bridgehead atoms. The van der Waals surface area contributed by atoms with Gasteiger partial charge in [-0.1, -0.05) is 0 Å². The lowest BCUT2D eigenvalue weighted by Gasteiger charge is -2.33. The summed E-state index contributed by atoms with van der Waals surface area (Å²) in [5, 5.41) is 0. The molecule has 0 aromatic heterocycles. The van der Waals surface area contributed by atoms with Gasteiger partial charge in [0.15, 0.2) is 0 Å². The van der Waals surface area contributed by atoms with Crippen molar-refractivity contribution in [1.82, 2.24) is 0 Å². The maximum Gasteiger partial charge on any atom is 0.264 e. The van der Waals surface area contributed by atoms with Crippen LogP contribution in [0, 0.1) is 5.41 Å². The molecule has 0 spiro atoms. The molecule has 0 aliphatic carbocycles. The van der Waals surface area contributed by atoms with E-state index >= 15 is 0 Å². The summed E-state index contributed by atoms with van der Waals surface area (Å²) in [6.45, 7) is -2.18. The van der Waals surface area contributed by atoms with Crippen molar-refractivity contribution in [2.45, 2.75) is 0 Å². The van der Waals surface area contributed by atoms with Crippen molar-refractivity contribution in [2.75, 3.05) is 104 Å². The van der Waals surface area contributed by atoms with E-state index in [4.69, 9.17) is 18.9 Å². The van der Waals surface area contributed by atoms with Gasteiger partial charge >= 0.3 is 0 Å². The average molecular weight is 625 g/mol. The molecule has 0 rings (SSSR count). The molecular weight excluding hydrogens is 588 g/mol. The van der Waals surface area contributed by atoms with Crippen molar-refractivity contribution in [3.8, 4) is 0 Å². The van der Waals surface area contributed by atoms with E-state index in [1.54, 1.807) is 0 Å². The van der Waals surface area contributed by atoms with Crippen LogP contribution in [0.3, 0.4) is 0 Å². The number of hydrogen-bond acceptors (Lipinski definition) is 16. The van der Waals surface area contributed by atoms with Gasteiger partial charge < -0.3 is 18.9 Å². The molecule has 0 unspecified atom stereocenters. The first-order valence-corrected chi connectivity index (χ1v) is 17.8. The second kappa shape index (κ2) is 17.2. The molecule has 0 saturated heterocycles. The van der Waals surface area contributed by atoms with Gasteiger partial charge in [-0.05, 0) is 0 Å². The Morgan fingerprint density at radius 1 is 0.378 bits per heavy atom. The van der Waals surface area contributed by atoms with Crippen LogP contribution in [0.4, 0.5) is 0 Å². The molecule has 0 fully saturated rings. The molecule has 0 N–H and O–H groups in total. The lowest BCUT2D eigenvalue weighted by atomic mass is 9.92. The minimum Gasteiger partial charge on any atom is -0.378 e. The normalized spacial score (nSPS) is 13.7. The van der Waals surface area contributed by atoms with Gasteiger partial charge in [0, 0.05) is 0 Å². The molecule has 0 saturated carbocycles. The topological polar surface area (TPSA) is 210 Å². The van der Waals surface area contributed by atoms with Gasteiger partial charge in [0.2, 0.25) is 0 Å². The van der Waals surface area contributed by atoms with Crippen molar-refractivity contribution in [3.05, 3.63) is 0 Å². The minimum atomic E-state index is -3.68. The van der Waals surface area contributed by atoms with Crippen LogP contribution in [0.15, 0.2) is 0 Å². The first kappa shape index (κ1) is 36.5. The average Bonchev–Trinajstić information content (AvgIpc) is 2.69. The zero-order valence-corrected chi connectivity index (χ0v) is 24.4. The highest BCUT2D eigenvalue weighted by Crippen LogP contribution is 2.21. The first-order chi connectivity index (χ1) is 16.8. The Kier molecular flexibility index (Phi) is 17.0. The third-order valence-electron chi connectivity index (χ3n) is 3.73. The first-order valence-electron chi connectivity index (χ1n) is 10.5. The molecule has 0 aliphatic heterocycles. The van der Waals surface area contributed by atoms with Crippen molar-refractivity contribution < 1.29 is 69.4 Å². The summed E-state index contributed by atoms with van der Waals surface area (Å²) in [6.07, 6.45) is 3.51. The van der Waals surface area contributed by atoms with Crippen LogP contribution in [0.2, 0.25) is 0 Å². The quantitative estimate of drug-likeness (QED) is 0.0835. The Morgan fingerprint density at radius 3 is 0.730 bits per heavy atom. The highest BCUT2D eigenvalue weighted by atomic mass is 32.2. The lowest BCUT2D eigenvalue weighted by Crippen LogP contribution is -2.43. The maximum atomic E-state index is 11.1. The van der Waals surface area contributed by atoms with Crippen molar-refractivity contribution in [3.63, 3.8) is 0 Å². The van der Waals surface area contributed by atoms with Crippen LogP contribution in [0.1, 0.15) is 0 Å². The van der Waals surface area contributed by atoms with E-state index in [1.165, 1.54) is 0 Å². The second-order valence-corrected chi connectivity index (χ2v) is 14.4. The highest BCUT2D eigenvalue weighted by Gasteiger charge is 2.33. The monoisotopic (exact) mass is 624 g/mol. The zero-order valence-electron chi connectivity index (χ0n) is 21.2. The van der Waals surface area contributed by atoms with Crippen LogP contribution in [0.25, 0.3) is 0 Å². The minimum absolute atomic E-state index is 0.132. The summed E-state index contributed by atoms with van der Waals surface area (Å²) in [4.78, 5) is 0. The largest absolute Gasteiger partial charge is 0.378 e. The van der Waals surface area contributed by atoms with E-state index in [1.807, 2.05) is 0 Å². The highest BCUT2D eigenvalue weighted by molar-refractivity contribution is 7.86. The lowest BCUT2D eigenvalue weighted by molar-refractivity contribution is -0.113. The van der Waals surface area contributed by atoms with Gasteiger partial charge in [0.1, 0.15) is 0 Å². The smallest absolute Gasteiger partial charge is 0.264 e.